The summed E-state index contributed by atoms with van der Waals surface area (Å²) < 4.78 is 30.0. The van der Waals surface area contributed by atoms with Gasteiger partial charge in [-0.1, -0.05) is 12.1 Å². The number of nitrogens with two attached hydrogens (primary N) is 1. The van der Waals surface area contributed by atoms with Gasteiger partial charge in [-0.05, 0) is 36.4 Å². The lowest BCUT2D eigenvalue weighted by atomic mass is 10.2. The number of para-hydroxylation sites is 1. The summed E-state index contributed by atoms with van der Waals surface area (Å²) in [6.07, 6.45) is 1.20. The van der Waals surface area contributed by atoms with Gasteiger partial charge in [0.25, 0.3) is 0 Å². The van der Waals surface area contributed by atoms with Gasteiger partial charge in [0, 0.05) is 18.2 Å². The Balaban J connectivity index is 2.23. The Morgan fingerprint density at radius 2 is 1.77 bits per heavy atom. The summed E-state index contributed by atoms with van der Waals surface area (Å²) in [5.74, 6) is -0.247. The van der Waals surface area contributed by atoms with E-state index in [2.05, 4.69) is 10.4 Å². The van der Waals surface area contributed by atoms with Gasteiger partial charge in [0.1, 0.15) is 4.90 Å². The fraction of sp³-hybridized carbons (Fsp3) is 0.0625. The van der Waals surface area contributed by atoms with Crippen molar-refractivity contribution in [1.29, 1.82) is 0 Å². The molecule has 26 heavy (non-hydrogen) atoms. The van der Waals surface area contributed by atoms with Gasteiger partial charge in [-0.3, -0.25) is 4.79 Å². The van der Waals surface area contributed by atoms with Crippen LogP contribution in [0.2, 0.25) is 0 Å². The minimum absolute atomic E-state index is 0.0217. The van der Waals surface area contributed by atoms with Gasteiger partial charge in [-0.15, -0.1) is 0 Å². The molecule has 10 heteroatoms. The predicted octanol–water partition coefficient (Wildman–Crippen LogP) is 1.41. The van der Waals surface area contributed by atoms with E-state index >= 15 is 0 Å². The molecule has 2 rings (SSSR count). The van der Waals surface area contributed by atoms with Crippen molar-refractivity contribution in [3.63, 3.8) is 0 Å². The molecule has 0 saturated carbocycles. The SMILES string of the molecule is CC(=O)Nc1ccc(S(=O)(=O)Oc2ccccc2/C=N\NC(N)=O)cc1. The summed E-state index contributed by atoms with van der Waals surface area (Å²) in [5.41, 5.74) is 7.68. The highest BCUT2D eigenvalue weighted by atomic mass is 32.2. The summed E-state index contributed by atoms with van der Waals surface area (Å²) in [4.78, 5) is 21.5. The summed E-state index contributed by atoms with van der Waals surface area (Å²) in [7, 11) is -4.11. The second-order valence-corrected chi connectivity index (χ2v) is 6.56. The lowest BCUT2D eigenvalue weighted by Crippen LogP contribution is -2.24. The number of hydrogen-bond acceptors (Lipinski definition) is 6. The number of amides is 3. The highest BCUT2D eigenvalue weighted by Crippen LogP contribution is 2.22. The molecule has 0 fully saturated rings. The molecule has 2 aromatic rings. The van der Waals surface area contributed by atoms with E-state index < -0.39 is 16.1 Å². The zero-order chi connectivity index (χ0) is 19.2. The molecule has 0 radical (unpaired) electrons. The Labute approximate surface area is 150 Å². The summed E-state index contributed by atoms with van der Waals surface area (Å²) in [6, 6.07) is 10.9. The molecular formula is C16H16N4O5S. The minimum Gasteiger partial charge on any atom is -0.378 e. The lowest BCUT2D eigenvalue weighted by Gasteiger charge is -2.10. The van der Waals surface area contributed by atoms with Crippen LogP contribution in [0.5, 0.6) is 5.75 Å². The number of rotatable bonds is 6. The first-order valence-corrected chi connectivity index (χ1v) is 8.68. The van der Waals surface area contributed by atoms with Crippen molar-refractivity contribution in [2.75, 3.05) is 5.32 Å². The van der Waals surface area contributed by atoms with Gasteiger partial charge >= 0.3 is 16.1 Å². The van der Waals surface area contributed by atoms with E-state index in [0.717, 1.165) is 0 Å². The molecule has 9 nitrogen and oxygen atoms in total. The molecule has 0 saturated heterocycles. The van der Waals surface area contributed by atoms with Gasteiger partial charge in [0.2, 0.25) is 5.91 Å². The average Bonchev–Trinajstić information content (AvgIpc) is 2.56. The molecule has 0 heterocycles. The van der Waals surface area contributed by atoms with Crippen molar-refractivity contribution in [3.05, 3.63) is 54.1 Å². The molecule has 3 amide bonds. The second kappa shape index (κ2) is 8.12. The first-order chi connectivity index (χ1) is 12.3. The standard InChI is InChI=1S/C16H16N4O5S/c1-11(21)19-13-6-8-14(9-7-13)26(23,24)25-15-5-3-2-4-12(15)10-18-20-16(17)22/h2-10H,1H3,(H,19,21)(H3,17,20,22)/b18-10-. The van der Waals surface area contributed by atoms with E-state index in [1.807, 2.05) is 5.43 Å². The monoisotopic (exact) mass is 376 g/mol. The molecular weight excluding hydrogens is 360 g/mol. The summed E-state index contributed by atoms with van der Waals surface area (Å²) in [5, 5.41) is 6.12. The normalized spacial score (nSPS) is 11.1. The number of hydrogen-bond donors (Lipinski definition) is 3. The highest BCUT2D eigenvalue weighted by molar-refractivity contribution is 7.87. The Morgan fingerprint density at radius 3 is 2.38 bits per heavy atom. The number of nitrogens with zero attached hydrogens (tertiary/aromatic N) is 1. The van der Waals surface area contributed by atoms with Gasteiger partial charge < -0.3 is 15.2 Å². The van der Waals surface area contributed by atoms with Crippen LogP contribution in [0.3, 0.4) is 0 Å². The molecule has 2 aromatic carbocycles. The molecule has 0 unspecified atom stereocenters. The van der Waals surface area contributed by atoms with E-state index in [1.165, 1.54) is 43.5 Å². The third-order valence-corrected chi connectivity index (χ3v) is 4.21. The van der Waals surface area contributed by atoms with Crippen LogP contribution in [0.25, 0.3) is 0 Å². The van der Waals surface area contributed by atoms with Crippen LogP contribution in [0.1, 0.15) is 12.5 Å². The van der Waals surface area contributed by atoms with Crippen LogP contribution in [-0.4, -0.2) is 26.6 Å². The average molecular weight is 376 g/mol. The predicted molar refractivity (Wildman–Crippen MR) is 95.3 cm³/mol. The van der Waals surface area contributed by atoms with E-state index in [4.69, 9.17) is 9.92 Å². The van der Waals surface area contributed by atoms with Gasteiger partial charge in [-0.25, -0.2) is 10.2 Å². The zero-order valence-corrected chi connectivity index (χ0v) is 14.5. The maximum absolute atomic E-state index is 12.4. The Hall–Kier alpha value is -3.40. The molecule has 136 valence electrons. The number of carbonyl (C=O) groups is 2. The summed E-state index contributed by atoms with van der Waals surface area (Å²) >= 11 is 0. The molecule has 0 aromatic heterocycles. The van der Waals surface area contributed by atoms with Gasteiger partial charge in [0.15, 0.2) is 5.75 Å². The number of anilines is 1. The molecule has 4 N–H and O–H groups in total. The van der Waals surface area contributed by atoms with Crippen molar-refractivity contribution in [2.45, 2.75) is 11.8 Å². The molecule has 0 aliphatic heterocycles. The topological polar surface area (TPSA) is 140 Å². The maximum Gasteiger partial charge on any atom is 0.339 e. The molecule has 0 aliphatic carbocycles. The third kappa shape index (κ3) is 5.31. The van der Waals surface area contributed by atoms with Crippen LogP contribution in [-0.2, 0) is 14.9 Å². The van der Waals surface area contributed by atoms with Crippen LogP contribution in [0.15, 0.2) is 58.5 Å². The van der Waals surface area contributed by atoms with Crippen molar-refractivity contribution < 1.29 is 22.2 Å². The number of hydrazone groups is 1. The lowest BCUT2D eigenvalue weighted by molar-refractivity contribution is -0.114. The van der Waals surface area contributed by atoms with Crippen LogP contribution in [0.4, 0.5) is 10.5 Å². The minimum atomic E-state index is -4.11. The zero-order valence-electron chi connectivity index (χ0n) is 13.7. The maximum atomic E-state index is 12.4. The van der Waals surface area contributed by atoms with Crippen molar-refractivity contribution in [2.24, 2.45) is 10.8 Å². The van der Waals surface area contributed by atoms with Gasteiger partial charge in [-0.2, -0.15) is 13.5 Å². The quantitative estimate of drug-likeness (QED) is 0.397. The van der Waals surface area contributed by atoms with Crippen LogP contribution >= 0.6 is 0 Å². The highest BCUT2D eigenvalue weighted by Gasteiger charge is 2.18. The number of nitrogens with one attached hydrogen (secondary N) is 2. The van der Waals surface area contributed by atoms with Crippen LogP contribution in [0, 0.1) is 0 Å². The second-order valence-electron chi connectivity index (χ2n) is 5.02. The molecule has 0 atom stereocenters. The van der Waals surface area contributed by atoms with E-state index in [9.17, 15) is 18.0 Å². The fourth-order valence-corrected chi connectivity index (χ4v) is 2.86. The molecule has 0 bridgehead atoms. The van der Waals surface area contributed by atoms with Crippen molar-refractivity contribution in [3.8, 4) is 5.75 Å². The number of benzene rings is 2. The Bertz CT molecular complexity index is 939. The number of carbonyl (C=O) groups excluding carboxylic acids is 2. The van der Waals surface area contributed by atoms with Gasteiger partial charge in [0.05, 0.1) is 6.21 Å². The third-order valence-electron chi connectivity index (χ3n) is 2.96. The van der Waals surface area contributed by atoms with Crippen LogP contribution < -0.4 is 20.7 Å². The number of primary amides is 1. The largest absolute Gasteiger partial charge is 0.378 e. The van der Waals surface area contributed by atoms with E-state index in [0.29, 0.717) is 11.3 Å². The smallest absolute Gasteiger partial charge is 0.339 e. The first-order valence-electron chi connectivity index (χ1n) is 7.27. The van der Waals surface area contributed by atoms with Crippen molar-refractivity contribution >= 4 is 34.0 Å². The van der Waals surface area contributed by atoms with E-state index in [-0.39, 0.29) is 16.6 Å². The van der Waals surface area contributed by atoms with Crippen molar-refractivity contribution in [1.82, 2.24) is 5.43 Å². The Morgan fingerprint density at radius 1 is 1.12 bits per heavy atom. The Kier molecular flexibility index (Phi) is 5.91. The number of urea groups is 1. The molecule has 0 spiro atoms. The fourth-order valence-electron chi connectivity index (χ4n) is 1.90. The summed E-state index contributed by atoms with van der Waals surface area (Å²) in [6.45, 7) is 1.35. The van der Waals surface area contributed by atoms with E-state index in [1.54, 1.807) is 18.2 Å². The molecule has 0 aliphatic rings. The first kappa shape index (κ1) is 18.9.